The molecule has 0 N–H and O–H groups in total. The molecule has 17 heteroatoms. The van der Waals surface area contributed by atoms with Gasteiger partial charge < -0.3 is 0 Å². The first-order valence-corrected chi connectivity index (χ1v) is 9.67. The second-order valence-corrected chi connectivity index (χ2v) is 8.90. The summed E-state index contributed by atoms with van der Waals surface area (Å²) < 4.78 is 201. The third-order valence-electron chi connectivity index (χ3n) is 4.06. The normalized spacial score (nSPS) is 15.7. The lowest BCUT2D eigenvalue weighted by atomic mass is 9.80. The van der Waals surface area contributed by atoms with Gasteiger partial charge in [-0.15, -0.1) is 0 Å². The first-order chi connectivity index (χ1) is 12.8. The standard InChI is InChI=1S/C13H14F14O2S/c1-30(28,29)4-2-3-7(5-8(14,10(16,17)18)11(19,20)21)6-9(15,12(22,23)24)13(25,26)27/h7H,2-6H2,1H3. The second kappa shape index (κ2) is 8.48. The van der Waals surface area contributed by atoms with Crippen molar-refractivity contribution in [1.29, 1.82) is 0 Å². The predicted octanol–water partition coefficient (Wildman–Crippen LogP) is 5.87. The van der Waals surface area contributed by atoms with Crippen LogP contribution in [0.2, 0.25) is 0 Å². The Hall–Kier alpha value is -1.03. The van der Waals surface area contributed by atoms with Crippen molar-refractivity contribution >= 4 is 9.84 Å². The number of hydrogen-bond donors (Lipinski definition) is 0. The molecule has 0 aromatic carbocycles. The first-order valence-electron chi connectivity index (χ1n) is 7.61. The highest BCUT2D eigenvalue weighted by molar-refractivity contribution is 7.90. The van der Waals surface area contributed by atoms with E-state index in [-0.39, 0.29) is 0 Å². The molecule has 0 heterocycles. The molecule has 30 heavy (non-hydrogen) atoms. The molecule has 182 valence electrons. The Labute approximate surface area is 160 Å². The number of alkyl halides is 14. The summed E-state index contributed by atoms with van der Waals surface area (Å²) in [5.74, 6) is -4.20. The summed E-state index contributed by atoms with van der Waals surface area (Å²) in [4.78, 5) is 0. The molecule has 0 aliphatic rings. The second-order valence-electron chi connectivity index (χ2n) is 6.64. The summed E-state index contributed by atoms with van der Waals surface area (Å²) in [6, 6.07) is 0. The van der Waals surface area contributed by atoms with Gasteiger partial charge in [-0.25, -0.2) is 17.2 Å². The molecule has 0 spiro atoms. The van der Waals surface area contributed by atoms with Crippen LogP contribution in [0, 0.1) is 5.92 Å². The van der Waals surface area contributed by atoms with Gasteiger partial charge in [-0.1, -0.05) is 0 Å². The molecule has 0 aromatic rings. The van der Waals surface area contributed by atoms with E-state index in [1.807, 2.05) is 0 Å². The topological polar surface area (TPSA) is 34.1 Å². The van der Waals surface area contributed by atoms with Gasteiger partial charge in [0.2, 0.25) is 0 Å². The molecule has 0 fully saturated rings. The maximum Gasteiger partial charge on any atom is 0.431 e. The molecule has 0 aliphatic heterocycles. The Morgan fingerprint density at radius 2 is 0.867 bits per heavy atom. The van der Waals surface area contributed by atoms with E-state index in [0.717, 1.165) is 0 Å². The minimum absolute atomic E-state index is 0.498. The van der Waals surface area contributed by atoms with Crippen LogP contribution in [-0.2, 0) is 9.84 Å². The van der Waals surface area contributed by atoms with Crippen LogP contribution in [0.3, 0.4) is 0 Å². The van der Waals surface area contributed by atoms with Crippen molar-refractivity contribution in [1.82, 2.24) is 0 Å². The van der Waals surface area contributed by atoms with E-state index in [9.17, 15) is 69.9 Å². The van der Waals surface area contributed by atoms with E-state index in [1.54, 1.807) is 0 Å². The van der Waals surface area contributed by atoms with Gasteiger partial charge in [-0.3, -0.25) is 0 Å². The molecule has 0 aromatic heterocycles. The highest BCUT2D eigenvalue weighted by atomic mass is 32.2. The molecule has 0 rings (SSSR count). The molecule has 0 saturated heterocycles. The van der Waals surface area contributed by atoms with Gasteiger partial charge in [0.25, 0.3) is 11.3 Å². The largest absolute Gasteiger partial charge is 0.431 e. The minimum Gasteiger partial charge on any atom is -0.229 e. The van der Waals surface area contributed by atoms with Gasteiger partial charge in [0.15, 0.2) is 0 Å². The van der Waals surface area contributed by atoms with Crippen molar-refractivity contribution in [2.45, 2.75) is 61.7 Å². The quantitative estimate of drug-likeness (QED) is 0.391. The van der Waals surface area contributed by atoms with E-state index in [4.69, 9.17) is 0 Å². The van der Waals surface area contributed by atoms with E-state index in [0.29, 0.717) is 6.26 Å². The summed E-state index contributed by atoms with van der Waals surface area (Å²) in [6.45, 7) is 0. The van der Waals surface area contributed by atoms with Crippen LogP contribution in [-0.4, -0.2) is 56.5 Å². The molecule has 0 aliphatic carbocycles. The summed E-state index contributed by atoms with van der Waals surface area (Å²) in [5, 5.41) is 0. The van der Waals surface area contributed by atoms with Crippen molar-refractivity contribution in [2.75, 3.05) is 12.0 Å². The van der Waals surface area contributed by atoms with E-state index >= 15 is 0 Å². The van der Waals surface area contributed by atoms with Crippen molar-refractivity contribution in [2.24, 2.45) is 5.92 Å². The lowest BCUT2D eigenvalue weighted by Gasteiger charge is -2.37. The Bertz CT molecular complexity index is 602. The monoisotopic (exact) mass is 500 g/mol. The van der Waals surface area contributed by atoms with Gasteiger partial charge in [0.05, 0.1) is 0 Å². The van der Waals surface area contributed by atoms with Gasteiger partial charge in [0.1, 0.15) is 9.84 Å². The SMILES string of the molecule is CS(=O)(=O)CCCC(CC(F)(C(F)(F)F)C(F)(F)F)CC(F)(C(F)(F)F)C(F)(F)F. The average Bonchev–Trinajstić information content (AvgIpc) is 2.40. The smallest absolute Gasteiger partial charge is 0.229 e. The van der Waals surface area contributed by atoms with Crippen LogP contribution in [0.1, 0.15) is 25.7 Å². The Morgan fingerprint density at radius 1 is 0.600 bits per heavy atom. The van der Waals surface area contributed by atoms with Crippen molar-refractivity contribution in [3.8, 4) is 0 Å². The number of rotatable bonds is 8. The fourth-order valence-electron chi connectivity index (χ4n) is 2.49. The van der Waals surface area contributed by atoms with Crippen molar-refractivity contribution in [3.05, 3.63) is 0 Å². The molecular weight excluding hydrogens is 486 g/mol. The summed E-state index contributed by atoms with van der Waals surface area (Å²) in [6.07, 6.45) is -35.3. The maximum atomic E-state index is 13.8. The first kappa shape index (κ1) is 29.0. The van der Waals surface area contributed by atoms with Gasteiger partial charge in [0, 0.05) is 24.9 Å². The van der Waals surface area contributed by atoms with E-state index in [2.05, 4.69) is 0 Å². The molecule has 0 bridgehead atoms. The van der Waals surface area contributed by atoms with Crippen LogP contribution in [0.5, 0.6) is 0 Å². The molecule has 0 atom stereocenters. The van der Waals surface area contributed by atoms with E-state index < -0.39 is 83.2 Å². The summed E-state index contributed by atoms with van der Waals surface area (Å²) in [5.41, 5.74) is -12.5. The predicted molar refractivity (Wildman–Crippen MR) is 73.6 cm³/mol. The van der Waals surface area contributed by atoms with Gasteiger partial charge in [-0.2, -0.15) is 52.7 Å². The van der Waals surface area contributed by atoms with Crippen molar-refractivity contribution in [3.63, 3.8) is 0 Å². The summed E-state index contributed by atoms with van der Waals surface area (Å²) in [7, 11) is -4.00. The zero-order chi connectivity index (χ0) is 24.6. The van der Waals surface area contributed by atoms with Crippen molar-refractivity contribution < 1.29 is 69.9 Å². The van der Waals surface area contributed by atoms with Crippen LogP contribution in [0.4, 0.5) is 61.5 Å². The molecule has 0 amide bonds. The third kappa shape index (κ3) is 6.73. The van der Waals surface area contributed by atoms with Crippen LogP contribution < -0.4 is 0 Å². The highest BCUT2D eigenvalue weighted by Gasteiger charge is 2.75. The molecule has 0 unspecified atom stereocenters. The number of halogens is 14. The summed E-state index contributed by atoms with van der Waals surface area (Å²) >= 11 is 0. The fraction of sp³-hybridized carbons (Fsp3) is 1.00. The molecular formula is C13H14F14O2S. The van der Waals surface area contributed by atoms with Crippen LogP contribution in [0.25, 0.3) is 0 Å². The molecule has 0 radical (unpaired) electrons. The molecule has 2 nitrogen and oxygen atoms in total. The average molecular weight is 500 g/mol. The minimum atomic E-state index is -6.81. The Kier molecular flexibility index (Phi) is 8.19. The van der Waals surface area contributed by atoms with E-state index in [1.165, 1.54) is 0 Å². The zero-order valence-electron chi connectivity index (χ0n) is 14.6. The lowest BCUT2D eigenvalue weighted by molar-refractivity contribution is -0.356. The molecule has 0 saturated carbocycles. The van der Waals surface area contributed by atoms with Crippen LogP contribution >= 0.6 is 0 Å². The third-order valence-corrected chi connectivity index (χ3v) is 5.09. The lowest BCUT2D eigenvalue weighted by Crippen LogP contribution is -2.57. The Morgan fingerprint density at radius 3 is 1.07 bits per heavy atom. The Balaban J connectivity index is 6.22. The zero-order valence-corrected chi connectivity index (χ0v) is 15.4. The fourth-order valence-corrected chi connectivity index (χ4v) is 3.18. The van der Waals surface area contributed by atoms with Gasteiger partial charge in [-0.05, 0) is 18.8 Å². The highest BCUT2D eigenvalue weighted by Crippen LogP contribution is 2.54. The number of sulfone groups is 1. The number of hydrogen-bond acceptors (Lipinski definition) is 2. The maximum absolute atomic E-state index is 13.8. The van der Waals surface area contributed by atoms with Crippen LogP contribution in [0.15, 0.2) is 0 Å². The van der Waals surface area contributed by atoms with Gasteiger partial charge >= 0.3 is 24.7 Å².